The van der Waals surface area contributed by atoms with Crippen LogP contribution in [0.25, 0.3) is 0 Å². The van der Waals surface area contributed by atoms with E-state index in [1.165, 1.54) is 81.2 Å². The zero-order chi connectivity index (χ0) is 28.3. The molecule has 6 nitrogen and oxygen atoms in total. The summed E-state index contributed by atoms with van der Waals surface area (Å²) in [6.07, 6.45) is 22.1. The minimum Gasteiger partial charge on any atom is -0.493 e. The third-order valence-electron chi connectivity index (χ3n) is 7.07. The van der Waals surface area contributed by atoms with E-state index in [-0.39, 0.29) is 6.54 Å². The lowest BCUT2D eigenvalue weighted by Gasteiger charge is -2.20. The van der Waals surface area contributed by atoms with Gasteiger partial charge in [-0.25, -0.2) is 13.0 Å². The van der Waals surface area contributed by atoms with Crippen molar-refractivity contribution in [2.45, 2.75) is 117 Å². The highest BCUT2D eigenvalue weighted by Gasteiger charge is 2.20. The molecule has 0 aliphatic heterocycles. The highest BCUT2D eigenvalue weighted by molar-refractivity contribution is 7.88. The Bertz CT molecular complexity index is 1040. The van der Waals surface area contributed by atoms with Crippen molar-refractivity contribution in [1.29, 1.82) is 0 Å². The maximum absolute atomic E-state index is 12.6. The van der Waals surface area contributed by atoms with E-state index in [2.05, 4.69) is 18.4 Å². The predicted molar refractivity (Wildman–Crippen MR) is 161 cm³/mol. The van der Waals surface area contributed by atoms with Crippen LogP contribution in [0.3, 0.4) is 0 Å². The van der Waals surface area contributed by atoms with E-state index in [9.17, 15) is 8.42 Å². The van der Waals surface area contributed by atoms with E-state index < -0.39 is 10.0 Å². The van der Waals surface area contributed by atoms with Gasteiger partial charge in [0, 0.05) is 31.1 Å². The molecule has 0 bridgehead atoms. The second-order valence-electron chi connectivity index (χ2n) is 10.7. The van der Waals surface area contributed by atoms with Crippen LogP contribution in [0.15, 0.2) is 42.7 Å². The van der Waals surface area contributed by atoms with Gasteiger partial charge in [-0.2, -0.15) is 4.31 Å². The normalized spacial score (nSPS) is 11.7. The number of hydrogen-bond acceptors (Lipinski definition) is 4. The SMILES string of the molecule is CCCCCCCCCCCCCCOc1ccc(CN(Cc2ccc[n+](CCC)c2)S(C)(=O)=O)cc1OC. The van der Waals surface area contributed by atoms with Crippen molar-refractivity contribution >= 4 is 10.0 Å². The van der Waals surface area contributed by atoms with Crippen LogP contribution < -0.4 is 14.0 Å². The van der Waals surface area contributed by atoms with Gasteiger partial charge >= 0.3 is 0 Å². The molecule has 0 spiro atoms. The summed E-state index contributed by atoms with van der Waals surface area (Å²) in [6, 6.07) is 9.65. The third kappa shape index (κ3) is 13.7. The maximum Gasteiger partial charge on any atom is 0.211 e. The van der Waals surface area contributed by atoms with Gasteiger partial charge in [0.1, 0.15) is 6.54 Å². The number of unbranched alkanes of at least 4 members (excludes halogenated alkanes) is 11. The zero-order valence-corrected chi connectivity index (χ0v) is 25.8. The summed E-state index contributed by atoms with van der Waals surface area (Å²) in [5, 5.41) is 0. The van der Waals surface area contributed by atoms with Crippen LogP contribution in [0.1, 0.15) is 108 Å². The van der Waals surface area contributed by atoms with Gasteiger partial charge in [0.15, 0.2) is 23.9 Å². The number of sulfonamides is 1. The summed E-state index contributed by atoms with van der Waals surface area (Å²) in [5.74, 6) is 1.35. The lowest BCUT2D eigenvalue weighted by molar-refractivity contribution is -0.697. The molecule has 39 heavy (non-hydrogen) atoms. The summed E-state index contributed by atoms with van der Waals surface area (Å²) in [4.78, 5) is 0. The summed E-state index contributed by atoms with van der Waals surface area (Å²) in [6.45, 7) is 6.56. The zero-order valence-electron chi connectivity index (χ0n) is 25.0. The summed E-state index contributed by atoms with van der Waals surface area (Å²) >= 11 is 0. The second-order valence-corrected chi connectivity index (χ2v) is 12.7. The van der Waals surface area contributed by atoms with Crippen molar-refractivity contribution in [2.75, 3.05) is 20.0 Å². The highest BCUT2D eigenvalue weighted by atomic mass is 32.2. The molecular formula is C32H53N2O4S+. The van der Waals surface area contributed by atoms with Crippen LogP contribution in [0, 0.1) is 0 Å². The van der Waals surface area contributed by atoms with Crippen molar-refractivity contribution in [3.8, 4) is 11.5 Å². The summed E-state index contributed by atoms with van der Waals surface area (Å²) in [7, 11) is -1.77. The van der Waals surface area contributed by atoms with Gasteiger partial charge in [0.2, 0.25) is 10.0 Å². The molecule has 7 heteroatoms. The smallest absolute Gasteiger partial charge is 0.211 e. The molecule has 1 heterocycles. The molecule has 1 aromatic carbocycles. The molecule has 0 saturated heterocycles. The highest BCUT2D eigenvalue weighted by Crippen LogP contribution is 2.29. The molecule has 0 radical (unpaired) electrons. The first-order valence-electron chi connectivity index (χ1n) is 15.1. The quantitative estimate of drug-likeness (QED) is 0.111. The first-order valence-corrected chi connectivity index (χ1v) is 16.9. The van der Waals surface area contributed by atoms with E-state index >= 15 is 0 Å². The van der Waals surface area contributed by atoms with Gasteiger partial charge < -0.3 is 9.47 Å². The van der Waals surface area contributed by atoms with Crippen LogP contribution in [-0.2, 0) is 29.7 Å². The molecule has 0 amide bonds. The summed E-state index contributed by atoms with van der Waals surface area (Å²) in [5.41, 5.74) is 1.83. The Labute approximate surface area is 238 Å². The lowest BCUT2D eigenvalue weighted by Crippen LogP contribution is -2.35. The monoisotopic (exact) mass is 561 g/mol. The number of benzene rings is 1. The van der Waals surface area contributed by atoms with Crippen LogP contribution in [0.4, 0.5) is 0 Å². The average molecular weight is 562 g/mol. The molecule has 2 rings (SSSR count). The van der Waals surface area contributed by atoms with Crippen molar-refractivity contribution < 1.29 is 22.5 Å². The van der Waals surface area contributed by atoms with Crippen LogP contribution in [0.2, 0.25) is 0 Å². The van der Waals surface area contributed by atoms with Crippen molar-refractivity contribution in [3.63, 3.8) is 0 Å². The fourth-order valence-electron chi connectivity index (χ4n) is 4.82. The van der Waals surface area contributed by atoms with E-state index in [1.54, 1.807) is 7.11 Å². The Morgan fingerprint density at radius 3 is 1.97 bits per heavy atom. The van der Waals surface area contributed by atoms with Gasteiger partial charge in [0.05, 0.1) is 20.0 Å². The van der Waals surface area contributed by atoms with Gasteiger partial charge in [-0.05, 0) is 30.2 Å². The number of methoxy groups -OCH3 is 1. The largest absolute Gasteiger partial charge is 0.493 e. The Kier molecular flexibility index (Phi) is 16.2. The number of pyridine rings is 1. The second kappa shape index (κ2) is 19.0. The minimum atomic E-state index is -3.40. The number of rotatable bonds is 22. The fraction of sp³-hybridized carbons (Fsp3) is 0.656. The van der Waals surface area contributed by atoms with Gasteiger partial charge in [-0.1, -0.05) is 90.5 Å². The molecule has 220 valence electrons. The summed E-state index contributed by atoms with van der Waals surface area (Å²) < 4.78 is 40.4. The molecule has 2 aromatic rings. The third-order valence-corrected chi connectivity index (χ3v) is 8.27. The van der Waals surface area contributed by atoms with E-state index in [1.807, 2.05) is 42.7 Å². The Morgan fingerprint density at radius 2 is 1.38 bits per heavy atom. The molecule has 0 atom stereocenters. The predicted octanol–water partition coefficient (Wildman–Crippen LogP) is 7.43. The Balaban J connectivity index is 1.78. The number of aromatic nitrogens is 1. The molecule has 0 unspecified atom stereocenters. The average Bonchev–Trinajstić information content (AvgIpc) is 2.91. The lowest BCUT2D eigenvalue weighted by atomic mass is 10.1. The molecular weight excluding hydrogens is 508 g/mol. The van der Waals surface area contributed by atoms with Crippen LogP contribution in [-0.4, -0.2) is 32.7 Å². The van der Waals surface area contributed by atoms with Crippen LogP contribution >= 0.6 is 0 Å². The molecule has 0 aliphatic rings. The topological polar surface area (TPSA) is 59.7 Å². The molecule has 0 aliphatic carbocycles. The Hall–Kier alpha value is -2.12. The van der Waals surface area contributed by atoms with Gasteiger partial charge in [-0.15, -0.1) is 0 Å². The Morgan fingerprint density at radius 1 is 0.769 bits per heavy atom. The first kappa shape index (κ1) is 33.1. The molecule has 0 fully saturated rings. The maximum atomic E-state index is 12.6. The van der Waals surface area contributed by atoms with E-state index in [4.69, 9.17) is 9.47 Å². The van der Waals surface area contributed by atoms with Gasteiger partial charge in [0.25, 0.3) is 0 Å². The van der Waals surface area contributed by atoms with E-state index in [0.717, 1.165) is 30.5 Å². The van der Waals surface area contributed by atoms with Crippen molar-refractivity contribution in [2.24, 2.45) is 0 Å². The number of hydrogen-bond donors (Lipinski definition) is 0. The van der Waals surface area contributed by atoms with Gasteiger partial charge in [-0.3, -0.25) is 0 Å². The number of ether oxygens (including phenoxy) is 2. The standard InChI is InChI=1S/C32H53N2O4S/c1-5-7-8-9-10-11-12-13-14-15-16-17-24-38-31-21-20-29(25-32(31)37-3)27-34(39(4,35)36)28-30-19-18-23-33(26-30)22-6-2/h18-21,23,25-26H,5-17,22,24,27-28H2,1-4H3/q+1. The van der Waals surface area contributed by atoms with Crippen molar-refractivity contribution in [3.05, 3.63) is 53.9 Å². The number of nitrogens with zero attached hydrogens (tertiary/aromatic N) is 2. The minimum absolute atomic E-state index is 0.275. The molecule has 0 N–H and O–H groups in total. The number of aryl methyl sites for hydroxylation is 1. The van der Waals surface area contributed by atoms with E-state index in [0.29, 0.717) is 24.7 Å². The van der Waals surface area contributed by atoms with Crippen molar-refractivity contribution in [1.82, 2.24) is 4.31 Å². The fourth-order valence-corrected chi connectivity index (χ4v) is 5.59. The first-order chi connectivity index (χ1) is 18.9. The molecule has 0 saturated carbocycles. The molecule has 1 aromatic heterocycles. The van der Waals surface area contributed by atoms with Crippen LogP contribution in [0.5, 0.6) is 11.5 Å².